The van der Waals surface area contributed by atoms with Gasteiger partial charge < -0.3 is 4.57 Å². The molecule has 3 aromatic rings. The van der Waals surface area contributed by atoms with E-state index in [2.05, 4.69) is 4.99 Å². The van der Waals surface area contributed by atoms with Crippen molar-refractivity contribution in [2.45, 2.75) is 13.5 Å². The number of nitro benzene ring substituents is 2. The zero-order valence-electron chi connectivity index (χ0n) is 13.8. The van der Waals surface area contributed by atoms with Crippen LogP contribution in [0.15, 0.2) is 41.4 Å². The first kappa shape index (κ1) is 18.3. The summed E-state index contributed by atoms with van der Waals surface area (Å²) in [5.41, 5.74) is -1.18. The summed E-state index contributed by atoms with van der Waals surface area (Å²) >= 11 is 1.07. The highest BCUT2D eigenvalue weighted by molar-refractivity contribution is 7.16. The van der Waals surface area contributed by atoms with Crippen LogP contribution in [-0.4, -0.2) is 20.3 Å². The molecule has 0 saturated heterocycles. The number of aryl methyl sites for hydroxylation is 1. The van der Waals surface area contributed by atoms with Crippen LogP contribution >= 0.6 is 11.3 Å². The molecular formula is C16H11FN4O5S. The average Bonchev–Trinajstić information content (AvgIpc) is 2.99. The molecule has 0 radical (unpaired) electrons. The Hall–Kier alpha value is -3.47. The number of amides is 1. The fraction of sp³-hybridized carbons (Fsp3) is 0.125. The standard InChI is InChI=1S/C16H11FN4O5S/c1-2-19-14-12(17)4-3-5-13(14)27-16(19)18-15(22)9-6-10(20(23)24)8-11(7-9)21(25)26/h3-8H,2H2,1H3. The van der Waals surface area contributed by atoms with Crippen molar-refractivity contribution in [2.24, 2.45) is 4.99 Å². The first-order valence-corrected chi connectivity index (χ1v) is 8.44. The van der Waals surface area contributed by atoms with E-state index in [4.69, 9.17) is 0 Å². The lowest BCUT2D eigenvalue weighted by molar-refractivity contribution is -0.394. The molecule has 3 rings (SSSR count). The fourth-order valence-electron chi connectivity index (χ4n) is 2.55. The molecule has 9 nitrogen and oxygen atoms in total. The minimum atomic E-state index is -0.893. The van der Waals surface area contributed by atoms with Gasteiger partial charge in [0.1, 0.15) is 5.82 Å². The molecule has 11 heteroatoms. The molecule has 2 aromatic carbocycles. The number of carbonyl (C=O) groups is 1. The minimum Gasteiger partial charge on any atom is -0.314 e. The molecule has 0 unspecified atom stereocenters. The summed E-state index contributed by atoms with van der Waals surface area (Å²) in [5.74, 6) is -1.36. The van der Waals surface area contributed by atoms with E-state index in [1.165, 1.54) is 16.7 Å². The molecule has 27 heavy (non-hydrogen) atoms. The molecular weight excluding hydrogens is 379 g/mol. The molecule has 0 bridgehead atoms. The number of para-hydroxylation sites is 1. The number of carbonyl (C=O) groups excluding carboxylic acids is 1. The van der Waals surface area contributed by atoms with Crippen LogP contribution in [0.2, 0.25) is 0 Å². The lowest BCUT2D eigenvalue weighted by Crippen LogP contribution is -2.16. The zero-order chi connectivity index (χ0) is 19.7. The number of aromatic nitrogens is 1. The molecule has 1 amide bonds. The highest BCUT2D eigenvalue weighted by Gasteiger charge is 2.20. The molecule has 0 atom stereocenters. The predicted molar refractivity (Wildman–Crippen MR) is 95.1 cm³/mol. The highest BCUT2D eigenvalue weighted by Crippen LogP contribution is 2.24. The minimum absolute atomic E-state index is 0.191. The Kier molecular flexibility index (Phi) is 4.77. The van der Waals surface area contributed by atoms with Gasteiger partial charge in [-0.1, -0.05) is 17.4 Å². The van der Waals surface area contributed by atoms with Crippen LogP contribution in [0, 0.1) is 26.0 Å². The van der Waals surface area contributed by atoms with Gasteiger partial charge in [0.05, 0.1) is 31.7 Å². The Morgan fingerprint density at radius 3 is 2.37 bits per heavy atom. The average molecular weight is 390 g/mol. The molecule has 0 fully saturated rings. The topological polar surface area (TPSA) is 121 Å². The summed E-state index contributed by atoms with van der Waals surface area (Å²) in [4.78, 5) is 36.8. The van der Waals surface area contributed by atoms with Gasteiger partial charge in [-0.2, -0.15) is 4.99 Å². The van der Waals surface area contributed by atoms with E-state index in [0.29, 0.717) is 16.8 Å². The summed E-state index contributed by atoms with van der Waals surface area (Å²) in [6, 6.07) is 7.10. The molecule has 1 heterocycles. The van der Waals surface area contributed by atoms with Crippen molar-refractivity contribution in [3.8, 4) is 0 Å². The van der Waals surface area contributed by atoms with Crippen LogP contribution in [0.25, 0.3) is 10.2 Å². The van der Waals surface area contributed by atoms with E-state index in [9.17, 15) is 29.4 Å². The van der Waals surface area contributed by atoms with Crippen molar-refractivity contribution >= 4 is 38.8 Å². The first-order chi connectivity index (χ1) is 12.8. The number of hydrogen-bond acceptors (Lipinski definition) is 6. The summed E-state index contributed by atoms with van der Waals surface area (Å²) in [6.45, 7) is 2.09. The van der Waals surface area contributed by atoms with E-state index >= 15 is 0 Å². The zero-order valence-corrected chi connectivity index (χ0v) is 14.6. The van der Waals surface area contributed by atoms with Gasteiger partial charge in [-0.3, -0.25) is 25.0 Å². The molecule has 0 N–H and O–H groups in total. The Balaban J connectivity index is 2.18. The number of thiazole rings is 1. The van der Waals surface area contributed by atoms with Gasteiger partial charge in [0.15, 0.2) is 4.80 Å². The van der Waals surface area contributed by atoms with Crippen LogP contribution < -0.4 is 4.80 Å². The Bertz CT molecular complexity index is 1140. The summed E-state index contributed by atoms with van der Waals surface area (Å²) in [7, 11) is 0. The van der Waals surface area contributed by atoms with Crippen LogP contribution in [0.3, 0.4) is 0 Å². The second-order valence-electron chi connectivity index (χ2n) is 5.38. The summed E-state index contributed by atoms with van der Waals surface area (Å²) < 4.78 is 16.2. The van der Waals surface area contributed by atoms with Crippen LogP contribution in [-0.2, 0) is 6.54 Å². The van der Waals surface area contributed by atoms with Crippen molar-refractivity contribution in [2.75, 3.05) is 0 Å². The van der Waals surface area contributed by atoms with Gasteiger partial charge in [0.2, 0.25) is 0 Å². The second kappa shape index (κ2) is 7.03. The quantitative estimate of drug-likeness (QED) is 0.499. The number of non-ortho nitro benzene ring substituents is 2. The van der Waals surface area contributed by atoms with Crippen LogP contribution in [0.5, 0.6) is 0 Å². The largest absolute Gasteiger partial charge is 0.314 e. The lowest BCUT2D eigenvalue weighted by atomic mass is 10.1. The number of nitrogens with zero attached hydrogens (tertiary/aromatic N) is 4. The number of benzene rings is 2. The Morgan fingerprint density at radius 2 is 1.81 bits per heavy atom. The molecule has 138 valence electrons. The van der Waals surface area contributed by atoms with Gasteiger partial charge in [0.25, 0.3) is 17.3 Å². The number of hydrogen-bond donors (Lipinski definition) is 0. The van der Waals surface area contributed by atoms with Crippen molar-refractivity contribution in [3.05, 3.63) is 72.8 Å². The number of fused-ring (bicyclic) bond motifs is 1. The summed E-state index contributed by atoms with van der Waals surface area (Å²) in [5, 5.41) is 21.9. The number of halogens is 1. The third-order valence-corrected chi connectivity index (χ3v) is 4.78. The summed E-state index contributed by atoms with van der Waals surface area (Å²) in [6.07, 6.45) is 0. The van der Waals surface area contributed by atoms with E-state index < -0.39 is 32.9 Å². The van der Waals surface area contributed by atoms with Gasteiger partial charge in [0, 0.05) is 18.7 Å². The predicted octanol–water partition coefficient (Wildman–Crippen LogP) is 3.42. The monoisotopic (exact) mass is 390 g/mol. The van der Waals surface area contributed by atoms with Crippen molar-refractivity contribution < 1.29 is 19.0 Å². The molecule has 1 aromatic heterocycles. The van der Waals surface area contributed by atoms with Crippen molar-refractivity contribution in [1.29, 1.82) is 0 Å². The maximum atomic E-state index is 14.1. The number of nitro groups is 2. The maximum Gasteiger partial charge on any atom is 0.280 e. The van der Waals surface area contributed by atoms with Gasteiger partial charge in [-0.05, 0) is 19.1 Å². The van der Waals surface area contributed by atoms with Gasteiger partial charge in [-0.15, -0.1) is 0 Å². The fourth-order valence-corrected chi connectivity index (χ4v) is 3.65. The van der Waals surface area contributed by atoms with Crippen molar-refractivity contribution in [1.82, 2.24) is 4.57 Å². The van der Waals surface area contributed by atoms with E-state index in [1.54, 1.807) is 13.0 Å². The van der Waals surface area contributed by atoms with E-state index in [-0.39, 0.29) is 10.4 Å². The van der Waals surface area contributed by atoms with Crippen molar-refractivity contribution in [3.63, 3.8) is 0 Å². The molecule has 0 saturated carbocycles. The molecule has 0 aliphatic rings. The van der Waals surface area contributed by atoms with Crippen LogP contribution in [0.1, 0.15) is 17.3 Å². The van der Waals surface area contributed by atoms with Crippen LogP contribution in [0.4, 0.5) is 15.8 Å². The first-order valence-electron chi connectivity index (χ1n) is 7.62. The molecule has 0 spiro atoms. The Morgan fingerprint density at radius 1 is 1.19 bits per heavy atom. The van der Waals surface area contributed by atoms with E-state index in [1.807, 2.05) is 0 Å². The third-order valence-electron chi connectivity index (χ3n) is 3.74. The maximum absolute atomic E-state index is 14.1. The highest BCUT2D eigenvalue weighted by atomic mass is 32.1. The Labute approximate surface area is 154 Å². The molecule has 0 aliphatic heterocycles. The molecule has 0 aliphatic carbocycles. The second-order valence-corrected chi connectivity index (χ2v) is 6.39. The lowest BCUT2D eigenvalue weighted by Gasteiger charge is -2.01. The normalized spacial score (nSPS) is 11.7. The number of rotatable bonds is 4. The van der Waals surface area contributed by atoms with Gasteiger partial charge in [-0.25, -0.2) is 4.39 Å². The third kappa shape index (κ3) is 3.44. The SMILES string of the molecule is CCn1c(=NC(=O)c2cc([N+](=O)[O-])cc([N+](=O)[O-])c2)sc2cccc(F)c21. The van der Waals surface area contributed by atoms with E-state index in [0.717, 1.165) is 29.5 Å². The smallest absolute Gasteiger partial charge is 0.280 e. The van der Waals surface area contributed by atoms with Gasteiger partial charge >= 0.3 is 0 Å².